The molecule has 0 radical (unpaired) electrons. The number of benzene rings is 8. The van der Waals surface area contributed by atoms with Gasteiger partial charge in [-0.25, -0.2) is 0 Å². The molecule has 8 aromatic rings. The van der Waals surface area contributed by atoms with Crippen LogP contribution in [-0.2, 0) is 6.42 Å². The van der Waals surface area contributed by atoms with Gasteiger partial charge in [-0.1, -0.05) is 136 Å². The highest BCUT2D eigenvalue weighted by Crippen LogP contribution is 2.57. The topological polar surface area (TPSA) is 177 Å². The standard InChI is InChI=1S/C21H21BrN2O2.C20H19BrN2O3.C19H15Br2NO2.C19H15BrINO2.CH4/c22-17-10-20-19(25-11-26-20)9-16(17)21-14-3-1-2-13(14)15-8-12(6-7-23)4-5-18(15)24-21;1-10(24)11-2-3-16-14(6-11)19-12(4-5-22-19)20(23-16)13-7-17-18(8-15(13)21)26-9-25-17;20-10-4-5-16-13(6-10)11-2-1-3-12(11)19(22-16)14-7-17-18(8-15(14)21)24-9-23-17;20-15-8-18-17(23-9-24-18)7-14(15)19-12-3-1-2-11(12)13-6-10(21)4-5-16(13)22-19;/h1-2,4-5,8-10,13-14,21,24H,3,6-7,11,23H2;2-3,6-8,12,19-20,22-23H,4-5,9H2,1H3;2*1-2,4-8,11-12,19,22H,3,9H2;1H4. The van der Waals surface area contributed by atoms with Gasteiger partial charge in [0.05, 0.1) is 24.2 Å². The van der Waals surface area contributed by atoms with Crippen molar-refractivity contribution in [1.29, 1.82) is 0 Å². The van der Waals surface area contributed by atoms with Gasteiger partial charge >= 0.3 is 0 Å². The van der Waals surface area contributed by atoms with Crippen molar-refractivity contribution in [2.24, 2.45) is 29.4 Å². The molecule has 101 heavy (non-hydrogen) atoms. The van der Waals surface area contributed by atoms with Crippen LogP contribution in [0.5, 0.6) is 46.0 Å². The van der Waals surface area contributed by atoms with Gasteiger partial charge in [-0.05, 0) is 252 Å². The maximum Gasteiger partial charge on any atom is 0.231 e. The monoisotopic (exact) mass is 1780 g/mol. The van der Waals surface area contributed by atoms with Crippen LogP contribution < -0.4 is 70.2 Å². The summed E-state index contributed by atoms with van der Waals surface area (Å²) in [6, 6.07) is 43.5. The number of halogens is 6. The van der Waals surface area contributed by atoms with Crippen LogP contribution in [0.25, 0.3) is 0 Å². The summed E-state index contributed by atoms with van der Waals surface area (Å²) in [4.78, 5) is 11.8. The molecule has 1 saturated heterocycles. The first kappa shape index (κ1) is 68.7. The van der Waals surface area contributed by atoms with E-state index < -0.39 is 0 Å². The maximum atomic E-state index is 11.8. The number of Topliss-reactive ketones (excluding diaryl/α,β-unsaturated/α-hetero) is 1. The molecule has 0 saturated carbocycles. The molecule has 9 aliphatic heterocycles. The normalized spacial score (nSPS) is 25.3. The van der Waals surface area contributed by atoms with E-state index in [1.54, 1.807) is 6.92 Å². The van der Waals surface area contributed by atoms with Crippen molar-refractivity contribution in [3.63, 3.8) is 0 Å². The zero-order chi connectivity index (χ0) is 68.0. The number of nitrogens with two attached hydrogens (primary N) is 1. The zero-order valence-corrected chi connectivity index (χ0v) is 64.3. The number of allylic oxidation sites excluding steroid dienone is 6. The molecular weight excluding hydrogens is 1720 g/mol. The number of rotatable bonds is 7. The summed E-state index contributed by atoms with van der Waals surface area (Å²) in [6.07, 6.45) is 19.3. The summed E-state index contributed by atoms with van der Waals surface area (Å²) in [6.45, 7) is 4.44. The number of fused-ring (bicyclic) bond motifs is 16. The van der Waals surface area contributed by atoms with Crippen molar-refractivity contribution in [3.05, 3.63) is 239 Å². The molecule has 0 bridgehead atoms. The number of nitrogens with one attached hydrogen (secondary N) is 5. The first-order chi connectivity index (χ1) is 48.8. The first-order valence-corrected chi connectivity index (χ1v) is 39.0. The second-order valence-corrected chi connectivity index (χ2v) is 32.7. The molecule has 8 aromatic carbocycles. The Bertz CT molecular complexity index is 4570. The quantitative estimate of drug-likeness (QED) is 0.0504. The van der Waals surface area contributed by atoms with E-state index in [9.17, 15) is 4.79 Å². The van der Waals surface area contributed by atoms with Crippen molar-refractivity contribution < 1.29 is 42.7 Å². The molecule has 9 heterocycles. The minimum Gasteiger partial charge on any atom is -0.454 e. The highest BCUT2D eigenvalue weighted by atomic mass is 127. The molecular formula is C80H74Br5IN6O9. The number of anilines is 4. The van der Waals surface area contributed by atoms with Crippen LogP contribution in [0.2, 0.25) is 0 Å². The lowest BCUT2D eigenvalue weighted by Crippen LogP contribution is -2.32. The lowest BCUT2D eigenvalue weighted by Gasteiger charge is -2.38. The van der Waals surface area contributed by atoms with E-state index in [4.69, 9.17) is 43.6 Å². The number of hydrogen-bond donors (Lipinski definition) is 6. The molecule has 15 nitrogen and oxygen atoms in total. The largest absolute Gasteiger partial charge is 0.454 e. The van der Waals surface area contributed by atoms with Crippen LogP contribution in [0.15, 0.2) is 180 Å². The SMILES string of the molecule is Brc1cc2c(cc1C1Nc3ccc(I)cc3C3C=CCC31)OCO2.Brc1ccc2c(c1)C1C=CCC1C(c1cc3c(cc1Br)OCO3)N2.C.CC(=O)c1ccc2c(c1)C1NCCC1C(c1cc3c(cc1Br)OCO3)N2.NCCc1ccc2c(c1)C1C=CCC1C(c1cc3c(cc1Br)OCO3)N2. The van der Waals surface area contributed by atoms with E-state index >= 15 is 0 Å². The maximum absolute atomic E-state index is 11.8. The van der Waals surface area contributed by atoms with Crippen LogP contribution >= 0.6 is 102 Å². The Morgan fingerprint density at radius 3 is 1.25 bits per heavy atom. The average Bonchev–Trinajstić information content (AvgIpc) is 1.74. The van der Waals surface area contributed by atoms with Crippen molar-refractivity contribution in [3.8, 4) is 46.0 Å². The van der Waals surface area contributed by atoms with Crippen molar-refractivity contribution >= 4 is 131 Å². The molecule has 0 aromatic heterocycles. The predicted molar refractivity (Wildman–Crippen MR) is 421 cm³/mol. The summed E-state index contributed by atoms with van der Waals surface area (Å²) in [5.74, 6) is 9.89. The number of carbonyl (C=O) groups excluding carboxylic acids is 1. The Labute approximate surface area is 643 Å². The number of ether oxygens (including phenoxy) is 8. The van der Waals surface area contributed by atoms with E-state index in [-0.39, 0.29) is 50.2 Å². The van der Waals surface area contributed by atoms with Gasteiger partial charge in [0.1, 0.15) is 0 Å². The highest BCUT2D eigenvalue weighted by molar-refractivity contribution is 14.1. The Kier molecular flexibility index (Phi) is 19.6. The van der Waals surface area contributed by atoms with Crippen molar-refractivity contribution in [1.82, 2.24) is 5.32 Å². The Morgan fingerprint density at radius 2 is 0.812 bits per heavy atom. The molecule has 3 aliphatic carbocycles. The van der Waals surface area contributed by atoms with E-state index in [1.807, 2.05) is 42.5 Å². The third-order valence-electron chi connectivity index (χ3n) is 21.6. The van der Waals surface area contributed by atoms with Crippen LogP contribution in [0.4, 0.5) is 22.7 Å². The molecule has 1 fully saturated rings. The van der Waals surface area contributed by atoms with Gasteiger partial charge in [-0.3, -0.25) is 4.79 Å². The summed E-state index contributed by atoms with van der Waals surface area (Å²) in [7, 11) is 0. The molecule has 21 heteroatoms. The summed E-state index contributed by atoms with van der Waals surface area (Å²) < 4.78 is 51.0. The minimum absolute atomic E-state index is 0. The molecule has 12 aliphatic rings. The average molecular weight is 1790 g/mol. The van der Waals surface area contributed by atoms with Crippen molar-refractivity contribution in [2.45, 2.75) is 94.4 Å². The molecule has 0 amide bonds. The molecule has 12 unspecified atom stereocenters. The predicted octanol–water partition coefficient (Wildman–Crippen LogP) is 20.7. The van der Waals surface area contributed by atoms with Crippen LogP contribution in [-0.4, -0.2) is 46.0 Å². The van der Waals surface area contributed by atoms with E-state index in [0.717, 1.165) is 118 Å². The molecule has 12 atom stereocenters. The molecule has 520 valence electrons. The minimum atomic E-state index is 0. The number of ketones is 1. The van der Waals surface area contributed by atoms with E-state index in [0.29, 0.717) is 68.3 Å². The van der Waals surface area contributed by atoms with Crippen LogP contribution in [0, 0.1) is 27.2 Å². The fourth-order valence-corrected chi connectivity index (χ4v) is 20.1. The van der Waals surface area contributed by atoms with Gasteiger partial charge in [0, 0.05) is 84.0 Å². The van der Waals surface area contributed by atoms with Gasteiger partial charge in [-0.2, -0.15) is 0 Å². The van der Waals surface area contributed by atoms with Crippen LogP contribution in [0.1, 0.15) is 148 Å². The highest BCUT2D eigenvalue weighted by Gasteiger charge is 2.45. The van der Waals surface area contributed by atoms with Gasteiger partial charge in [0.2, 0.25) is 27.2 Å². The Hall–Kier alpha value is -6.70. The molecule has 7 N–H and O–H groups in total. The zero-order valence-electron chi connectivity index (χ0n) is 54.2. The van der Waals surface area contributed by atoms with Gasteiger partial charge in [0.25, 0.3) is 0 Å². The van der Waals surface area contributed by atoms with Gasteiger partial charge in [-0.15, -0.1) is 0 Å². The molecule has 0 spiro atoms. The van der Waals surface area contributed by atoms with Crippen molar-refractivity contribution in [2.75, 3.05) is 61.5 Å². The first-order valence-electron chi connectivity index (χ1n) is 34.0. The second kappa shape index (κ2) is 28.7. The summed E-state index contributed by atoms with van der Waals surface area (Å²) in [5.41, 5.74) is 22.8. The number of hydrogen-bond acceptors (Lipinski definition) is 15. The Morgan fingerprint density at radius 1 is 0.436 bits per heavy atom. The second-order valence-electron chi connectivity index (χ2n) is 27.1. The van der Waals surface area contributed by atoms with Crippen LogP contribution in [0.3, 0.4) is 0 Å². The van der Waals surface area contributed by atoms with E-state index in [1.165, 1.54) is 70.7 Å². The van der Waals surface area contributed by atoms with E-state index in [2.05, 4.69) is 244 Å². The summed E-state index contributed by atoms with van der Waals surface area (Å²) >= 11 is 20.9. The van der Waals surface area contributed by atoms with Gasteiger partial charge < -0.3 is 70.2 Å². The Balaban J connectivity index is 0.000000104. The fourth-order valence-electron chi connectivity index (χ4n) is 16.9. The summed E-state index contributed by atoms with van der Waals surface area (Å²) in [5, 5.41) is 18.7. The number of carbonyl (C=O) groups is 1. The van der Waals surface area contributed by atoms with Gasteiger partial charge in [0.15, 0.2) is 51.8 Å². The smallest absolute Gasteiger partial charge is 0.231 e. The lowest BCUT2D eigenvalue weighted by atomic mass is 9.76. The third kappa shape index (κ3) is 13.0. The lowest BCUT2D eigenvalue weighted by molar-refractivity contribution is 0.101. The third-order valence-corrected chi connectivity index (χ3v) is 25.5. The fraction of sp³-hybridized carbons (Fsp3) is 0.312. The molecule has 20 rings (SSSR count).